The molecule has 0 aliphatic rings. The molecule has 0 radical (unpaired) electrons. The Kier molecular flexibility index (Phi) is 6.67. The smallest absolute Gasteiger partial charge is 0.392 e. The number of phosphoric acid groups is 1. The molecule has 0 bridgehead atoms. The van der Waals surface area contributed by atoms with Crippen LogP contribution in [-0.4, -0.2) is 34.3 Å². The maximum absolute atomic E-state index is 11.2. The minimum Gasteiger partial charge on any atom is -0.392 e. The second-order valence-electron chi connectivity index (χ2n) is 3.01. The molecule has 7 nitrogen and oxygen atoms in total. The lowest BCUT2D eigenvalue weighted by Crippen LogP contribution is -1.98. The van der Waals surface area contributed by atoms with E-state index in [0.717, 1.165) is 0 Å². The zero-order valence-electron chi connectivity index (χ0n) is 9.07. The maximum atomic E-state index is 11.2. The first kappa shape index (κ1) is 16.0. The van der Waals surface area contributed by atoms with Gasteiger partial charge >= 0.3 is 15.4 Å². The molecular weight excluding hydrogens is 258 g/mol. The molecule has 0 saturated carbocycles. The lowest BCUT2D eigenvalue weighted by atomic mass is 10.3. The van der Waals surface area contributed by atoms with Gasteiger partial charge < -0.3 is 14.9 Å². The predicted octanol–water partition coefficient (Wildman–Crippen LogP) is 1.26. The average Bonchev–Trinajstić information content (AvgIpc) is 2.14. The number of aliphatic hydroxyl groups is 1. The Morgan fingerprint density at radius 1 is 1.38 bits per heavy atom. The Morgan fingerprint density at radius 2 is 1.94 bits per heavy atom. The van der Waals surface area contributed by atoms with E-state index in [0.29, 0.717) is 5.57 Å². The molecule has 2 unspecified atom stereocenters. The molecule has 3 N–H and O–H groups in total. The van der Waals surface area contributed by atoms with Gasteiger partial charge in [-0.15, -0.1) is 0 Å². The molecule has 0 aromatic carbocycles. The van der Waals surface area contributed by atoms with Gasteiger partial charge in [0.1, 0.15) is 0 Å². The van der Waals surface area contributed by atoms with E-state index >= 15 is 0 Å². The number of rotatable bonds is 7. The molecule has 0 aromatic heterocycles. The molecular formula is C7H16O7P2. The van der Waals surface area contributed by atoms with E-state index in [9.17, 15) is 9.13 Å². The van der Waals surface area contributed by atoms with E-state index in [1.54, 1.807) is 6.92 Å². The summed E-state index contributed by atoms with van der Waals surface area (Å²) < 4.78 is 30.8. The third-order valence-electron chi connectivity index (χ3n) is 1.53. The van der Waals surface area contributed by atoms with Crippen LogP contribution in [0.15, 0.2) is 11.6 Å². The van der Waals surface area contributed by atoms with Gasteiger partial charge in [-0.3, -0.25) is 9.09 Å². The highest BCUT2D eigenvalue weighted by atomic mass is 31.3. The number of aliphatic hydroxyl groups excluding tert-OH is 1. The lowest BCUT2D eigenvalue weighted by Gasteiger charge is -2.15. The van der Waals surface area contributed by atoms with Crippen LogP contribution in [-0.2, 0) is 18.0 Å². The van der Waals surface area contributed by atoms with Gasteiger partial charge in [0.25, 0.3) is 0 Å². The summed E-state index contributed by atoms with van der Waals surface area (Å²) in [5.41, 5.74) is 0.504. The molecule has 16 heavy (non-hydrogen) atoms. The van der Waals surface area contributed by atoms with Crippen LogP contribution < -0.4 is 0 Å². The summed E-state index contributed by atoms with van der Waals surface area (Å²) in [6, 6.07) is 0. The molecule has 0 spiro atoms. The minimum atomic E-state index is -4.54. The second-order valence-corrected chi connectivity index (χ2v) is 6.77. The zero-order valence-corrected chi connectivity index (χ0v) is 10.9. The SMILES string of the molecule is CCP(=O)(O)OP(=O)(O)OCC(C)=CCO. The van der Waals surface area contributed by atoms with Crippen LogP contribution in [0.3, 0.4) is 0 Å². The highest BCUT2D eigenvalue weighted by Crippen LogP contribution is 2.59. The van der Waals surface area contributed by atoms with E-state index in [4.69, 9.17) is 14.9 Å². The first-order valence-corrected chi connectivity index (χ1v) is 7.75. The average molecular weight is 274 g/mol. The van der Waals surface area contributed by atoms with Crippen molar-refractivity contribution in [2.24, 2.45) is 0 Å². The third kappa shape index (κ3) is 7.30. The van der Waals surface area contributed by atoms with Gasteiger partial charge in [0.05, 0.1) is 13.2 Å². The first-order chi connectivity index (χ1) is 7.22. The quantitative estimate of drug-likeness (QED) is 0.473. The van der Waals surface area contributed by atoms with Gasteiger partial charge in [0.15, 0.2) is 0 Å². The highest BCUT2D eigenvalue weighted by Gasteiger charge is 2.32. The van der Waals surface area contributed by atoms with Gasteiger partial charge in [-0.05, 0) is 12.5 Å². The topological polar surface area (TPSA) is 113 Å². The van der Waals surface area contributed by atoms with E-state index in [1.165, 1.54) is 13.0 Å². The van der Waals surface area contributed by atoms with Gasteiger partial charge in [-0.25, -0.2) is 8.88 Å². The summed E-state index contributed by atoms with van der Waals surface area (Å²) in [6.07, 6.45) is 1.09. The van der Waals surface area contributed by atoms with Gasteiger partial charge in [0.2, 0.25) is 0 Å². The zero-order chi connectivity index (χ0) is 12.8. The van der Waals surface area contributed by atoms with Crippen molar-refractivity contribution in [2.45, 2.75) is 13.8 Å². The van der Waals surface area contributed by atoms with Gasteiger partial charge in [-0.2, -0.15) is 0 Å². The molecule has 0 aliphatic heterocycles. The Hall–Kier alpha value is -0.0000000000000000208. The van der Waals surface area contributed by atoms with Crippen molar-refractivity contribution < 1.29 is 32.9 Å². The van der Waals surface area contributed by atoms with Crippen molar-refractivity contribution in [1.29, 1.82) is 0 Å². The molecule has 96 valence electrons. The van der Waals surface area contributed by atoms with Crippen LogP contribution in [0.4, 0.5) is 0 Å². The third-order valence-corrected chi connectivity index (χ3v) is 4.63. The number of hydrogen-bond acceptors (Lipinski definition) is 5. The molecule has 9 heteroatoms. The summed E-state index contributed by atoms with van der Waals surface area (Å²) in [6.45, 7) is 2.42. The van der Waals surface area contributed by atoms with Crippen LogP contribution in [0.1, 0.15) is 13.8 Å². The summed E-state index contributed by atoms with van der Waals surface area (Å²) >= 11 is 0. The molecule has 2 atom stereocenters. The van der Waals surface area contributed by atoms with Crippen LogP contribution in [0.5, 0.6) is 0 Å². The van der Waals surface area contributed by atoms with E-state index in [1.807, 2.05) is 0 Å². The highest BCUT2D eigenvalue weighted by molar-refractivity contribution is 7.63. The van der Waals surface area contributed by atoms with E-state index in [2.05, 4.69) is 8.83 Å². The van der Waals surface area contributed by atoms with Crippen molar-refractivity contribution >= 4 is 15.4 Å². The van der Waals surface area contributed by atoms with E-state index < -0.39 is 15.4 Å². The Labute approximate surface area is 93.9 Å². The molecule has 0 aromatic rings. The fraction of sp³-hybridized carbons (Fsp3) is 0.714. The summed E-state index contributed by atoms with van der Waals surface area (Å²) in [7, 11) is -8.62. The molecule has 0 saturated heterocycles. The lowest BCUT2D eigenvalue weighted by molar-refractivity contribution is 0.208. The summed E-state index contributed by atoms with van der Waals surface area (Å²) in [4.78, 5) is 18.1. The fourth-order valence-electron chi connectivity index (χ4n) is 0.641. The maximum Gasteiger partial charge on any atom is 0.479 e. The summed E-state index contributed by atoms with van der Waals surface area (Å²) in [5, 5.41) is 8.51. The first-order valence-electron chi connectivity index (χ1n) is 4.49. The van der Waals surface area contributed by atoms with Crippen molar-refractivity contribution in [3.8, 4) is 0 Å². The second kappa shape index (κ2) is 6.67. The summed E-state index contributed by atoms with van der Waals surface area (Å²) in [5.74, 6) is 0. The monoisotopic (exact) mass is 274 g/mol. The molecule has 0 fully saturated rings. The van der Waals surface area contributed by atoms with Crippen molar-refractivity contribution in [2.75, 3.05) is 19.4 Å². The van der Waals surface area contributed by atoms with Crippen LogP contribution >= 0.6 is 15.4 Å². The molecule has 0 aliphatic carbocycles. The largest absolute Gasteiger partial charge is 0.479 e. The number of phosphoric ester groups is 1. The van der Waals surface area contributed by atoms with Crippen molar-refractivity contribution in [1.82, 2.24) is 0 Å². The normalized spacial score (nSPS) is 20.2. The Morgan fingerprint density at radius 3 is 2.38 bits per heavy atom. The molecule has 0 amide bonds. The minimum absolute atomic E-state index is 0.223. The van der Waals surface area contributed by atoms with Crippen LogP contribution in [0, 0.1) is 0 Å². The van der Waals surface area contributed by atoms with E-state index in [-0.39, 0.29) is 19.4 Å². The van der Waals surface area contributed by atoms with Crippen molar-refractivity contribution in [3.63, 3.8) is 0 Å². The fourth-order valence-corrected chi connectivity index (χ4v) is 2.95. The van der Waals surface area contributed by atoms with Gasteiger partial charge in [0, 0.05) is 6.16 Å². The van der Waals surface area contributed by atoms with Crippen molar-refractivity contribution in [3.05, 3.63) is 11.6 Å². The van der Waals surface area contributed by atoms with Crippen LogP contribution in [0.25, 0.3) is 0 Å². The van der Waals surface area contributed by atoms with Gasteiger partial charge in [-0.1, -0.05) is 13.0 Å². The predicted molar refractivity (Wildman–Crippen MR) is 58.1 cm³/mol. The molecule has 0 heterocycles. The Bertz CT molecular complexity index is 338. The standard InChI is InChI=1S/C7H16O7P2/c1-3-15(9,10)14-16(11,12)13-6-7(2)4-5-8/h4,8H,3,5-6H2,1-2H3,(H,9,10)(H,11,12). The molecule has 0 rings (SSSR count). The Balaban J connectivity index is 4.32. The van der Waals surface area contributed by atoms with Crippen LogP contribution in [0.2, 0.25) is 0 Å². The number of hydrogen-bond donors (Lipinski definition) is 3.